The molecule has 0 fully saturated rings. The number of rotatable bonds is 5. The van der Waals surface area contributed by atoms with Gasteiger partial charge in [-0.05, 0) is 56.7 Å². The fraction of sp³-hybridized carbons (Fsp3) is 0.474. The molecule has 25 heavy (non-hydrogen) atoms. The predicted molar refractivity (Wildman–Crippen MR) is 97.5 cm³/mol. The van der Waals surface area contributed by atoms with Crippen LogP contribution in [0.2, 0.25) is 0 Å². The zero-order chi connectivity index (χ0) is 18.0. The van der Waals surface area contributed by atoms with Gasteiger partial charge in [0.2, 0.25) is 0 Å². The van der Waals surface area contributed by atoms with Crippen LogP contribution in [0.1, 0.15) is 63.8 Å². The molecule has 0 aliphatic heterocycles. The first kappa shape index (κ1) is 17.7. The highest BCUT2D eigenvalue weighted by atomic mass is 32.1. The van der Waals surface area contributed by atoms with Gasteiger partial charge in [0.25, 0.3) is 5.91 Å². The molecule has 1 aliphatic carbocycles. The van der Waals surface area contributed by atoms with E-state index in [4.69, 9.17) is 9.15 Å². The first-order valence-corrected chi connectivity index (χ1v) is 9.54. The Morgan fingerprint density at radius 3 is 2.80 bits per heavy atom. The van der Waals surface area contributed by atoms with Crippen molar-refractivity contribution in [1.82, 2.24) is 0 Å². The number of carbonyl (C=O) groups excluding carboxylic acids is 2. The van der Waals surface area contributed by atoms with Crippen LogP contribution in [0.4, 0.5) is 5.00 Å². The molecule has 0 saturated heterocycles. The molecular formula is C19H23NO4S. The Hall–Kier alpha value is -2.08. The summed E-state index contributed by atoms with van der Waals surface area (Å²) in [5.41, 5.74) is 1.56. The van der Waals surface area contributed by atoms with Gasteiger partial charge in [-0.25, -0.2) is 4.79 Å². The van der Waals surface area contributed by atoms with Crippen LogP contribution in [0.5, 0.6) is 0 Å². The topological polar surface area (TPSA) is 68.5 Å². The van der Waals surface area contributed by atoms with Crippen molar-refractivity contribution >= 4 is 28.2 Å². The highest BCUT2D eigenvalue weighted by Gasteiger charge is 2.30. The van der Waals surface area contributed by atoms with Crippen molar-refractivity contribution < 1.29 is 18.7 Å². The molecule has 5 nitrogen and oxygen atoms in total. The zero-order valence-corrected chi connectivity index (χ0v) is 15.6. The van der Waals surface area contributed by atoms with Crippen molar-refractivity contribution in [2.45, 2.75) is 46.5 Å². The van der Waals surface area contributed by atoms with Crippen molar-refractivity contribution in [1.29, 1.82) is 0 Å². The number of anilines is 1. The average Bonchev–Trinajstić information content (AvgIpc) is 3.17. The van der Waals surface area contributed by atoms with Crippen LogP contribution in [0.15, 0.2) is 16.5 Å². The zero-order valence-electron chi connectivity index (χ0n) is 14.8. The summed E-state index contributed by atoms with van der Waals surface area (Å²) in [4.78, 5) is 26.1. The predicted octanol–water partition coefficient (Wildman–Crippen LogP) is 4.59. The SMILES string of the molecule is CCOC(=O)c1c(NC(=O)c2ccc(C)o2)sc2c1CC[C@H](CC)C2. The molecular weight excluding hydrogens is 338 g/mol. The van der Waals surface area contributed by atoms with Crippen LogP contribution < -0.4 is 5.32 Å². The van der Waals surface area contributed by atoms with Gasteiger partial charge < -0.3 is 14.5 Å². The molecule has 1 aliphatic rings. The summed E-state index contributed by atoms with van der Waals surface area (Å²) in [6.07, 6.45) is 4.00. The van der Waals surface area contributed by atoms with Crippen LogP contribution in [-0.2, 0) is 17.6 Å². The lowest BCUT2D eigenvalue weighted by Crippen LogP contribution is -2.17. The maximum absolute atomic E-state index is 12.5. The van der Waals surface area contributed by atoms with Gasteiger partial charge >= 0.3 is 5.97 Å². The minimum Gasteiger partial charge on any atom is -0.462 e. The van der Waals surface area contributed by atoms with E-state index < -0.39 is 0 Å². The molecule has 0 radical (unpaired) electrons. The Morgan fingerprint density at radius 2 is 2.16 bits per heavy atom. The van der Waals surface area contributed by atoms with Gasteiger partial charge in [0, 0.05) is 4.88 Å². The number of hydrogen-bond acceptors (Lipinski definition) is 5. The quantitative estimate of drug-likeness (QED) is 0.791. The van der Waals surface area contributed by atoms with E-state index in [2.05, 4.69) is 12.2 Å². The molecule has 2 aromatic rings. The fourth-order valence-electron chi connectivity index (χ4n) is 3.23. The summed E-state index contributed by atoms with van der Waals surface area (Å²) in [6.45, 7) is 6.08. The lowest BCUT2D eigenvalue weighted by molar-refractivity contribution is 0.0526. The largest absolute Gasteiger partial charge is 0.462 e. The molecule has 2 aromatic heterocycles. The van der Waals surface area contributed by atoms with Crippen LogP contribution in [0.3, 0.4) is 0 Å². The molecule has 1 N–H and O–H groups in total. The summed E-state index contributed by atoms with van der Waals surface area (Å²) in [5.74, 6) is 0.847. The summed E-state index contributed by atoms with van der Waals surface area (Å²) >= 11 is 1.49. The molecule has 1 amide bonds. The second-order valence-electron chi connectivity index (χ2n) is 6.31. The summed E-state index contributed by atoms with van der Waals surface area (Å²) < 4.78 is 10.6. The summed E-state index contributed by atoms with van der Waals surface area (Å²) in [6, 6.07) is 3.38. The molecule has 1 atom stereocenters. The highest BCUT2D eigenvalue weighted by molar-refractivity contribution is 7.17. The van der Waals surface area contributed by atoms with Gasteiger partial charge in [-0.15, -0.1) is 11.3 Å². The number of amides is 1. The van der Waals surface area contributed by atoms with E-state index in [1.54, 1.807) is 26.0 Å². The van der Waals surface area contributed by atoms with Gasteiger partial charge in [-0.3, -0.25) is 4.79 Å². The Labute approximate surface area is 151 Å². The maximum atomic E-state index is 12.5. The minimum absolute atomic E-state index is 0.241. The Morgan fingerprint density at radius 1 is 1.36 bits per heavy atom. The number of furan rings is 1. The molecule has 134 valence electrons. The first-order valence-electron chi connectivity index (χ1n) is 8.72. The fourth-order valence-corrected chi connectivity index (χ4v) is 4.58. The van der Waals surface area contributed by atoms with Crippen LogP contribution >= 0.6 is 11.3 Å². The van der Waals surface area contributed by atoms with Crippen LogP contribution in [-0.4, -0.2) is 18.5 Å². The van der Waals surface area contributed by atoms with Crippen molar-refractivity contribution in [2.24, 2.45) is 5.92 Å². The maximum Gasteiger partial charge on any atom is 0.341 e. The summed E-state index contributed by atoms with van der Waals surface area (Å²) in [7, 11) is 0. The van der Waals surface area contributed by atoms with Crippen molar-refractivity contribution in [2.75, 3.05) is 11.9 Å². The van der Waals surface area contributed by atoms with Crippen molar-refractivity contribution in [3.8, 4) is 0 Å². The molecule has 0 spiro atoms. The van der Waals surface area contributed by atoms with Crippen molar-refractivity contribution in [3.63, 3.8) is 0 Å². The minimum atomic E-state index is -0.360. The molecule has 0 saturated carbocycles. The molecule has 0 aromatic carbocycles. The standard InChI is InChI=1S/C19H23NO4S/c1-4-12-7-8-13-15(10-12)25-18(16(13)19(22)23-5-2)20-17(21)14-9-6-11(3)24-14/h6,9,12H,4-5,7-8,10H2,1-3H3,(H,20,21)/t12-/m0/s1. The number of thiophene rings is 1. The molecule has 2 heterocycles. The molecule has 0 unspecified atom stereocenters. The van der Waals surface area contributed by atoms with Gasteiger partial charge in [0.05, 0.1) is 12.2 Å². The molecule has 3 rings (SSSR count). The van der Waals surface area contributed by atoms with E-state index in [1.807, 2.05) is 0 Å². The van der Waals surface area contributed by atoms with Crippen molar-refractivity contribution in [3.05, 3.63) is 39.7 Å². The Balaban J connectivity index is 1.93. The Kier molecular flexibility index (Phi) is 5.27. The van der Waals surface area contributed by atoms with Gasteiger partial charge in [0.15, 0.2) is 5.76 Å². The molecule has 6 heteroatoms. The average molecular weight is 361 g/mol. The van der Waals surface area contributed by atoms with E-state index in [1.165, 1.54) is 16.2 Å². The lowest BCUT2D eigenvalue weighted by atomic mass is 9.85. The van der Waals surface area contributed by atoms with E-state index >= 15 is 0 Å². The van der Waals surface area contributed by atoms with Gasteiger partial charge in [-0.2, -0.15) is 0 Å². The highest BCUT2D eigenvalue weighted by Crippen LogP contribution is 2.41. The second-order valence-corrected chi connectivity index (χ2v) is 7.42. The second kappa shape index (κ2) is 7.44. The number of ether oxygens (including phenoxy) is 1. The number of hydrogen-bond donors (Lipinski definition) is 1. The van der Waals surface area contributed by atoms with E-state index in [0.717, 1.165) is 31.2 Å². The van der Waals surface area contributed by atoms with E-state index in [9.17, 15) is 9.59 Å². The van der Waals surface area contributed by atoms with Crippen LogP contribution in [0, 0.1) is 12.8 Å². The third-order valence-electron chi connectivity index (χ3n) is 4.62. The number of esters is 1. The first-order chi connectivity index (χ1) is 12.0. The molecule has 0 bridgehead atoms. The summed E-state index contributed by atoms with van der Waals surface area (Å²) in [5, 5.41) is 3.42. The third-order valence-corrected chi connectivity index (χ3v) is 5.79. The van der Waals surface area contributed by atoms with Crippen LogP contribution in [0.25, 0.3) is 0 Å². The normalized spacial score (nSPS) is 16.4. The van der Waals surface area contributed by atoms with Gasteiger partial charge in [-0.1, -0.05) is 13.3 Å². The lowest BCUT2D eigenvalue weighted by Gasteiger charge is -2.20. The van der Waals surface area contributed by atoms with Gasteiger partial charge in [0.1, 0.15) is 10.8 Å². The smallest absolute Gasteiger partial charge is 0.341 e. The number of aryl methyl sites for hydroxylation is 1. The number of nitrogens with one attached hydrogen (secondary N) is 1. The number of carbonyl (C=O) groups is 2. The third kappa shape index (κ3) is 3.63. The van der Waals surface area contributed by atoms with E-state index in [-0.39, 0.29) is 17.6 Å². The van der Waals surface area contributed by atoms with E-state index in [0.29, 0.717) is 28.8 Å². The monoisotopic (exact) mass is 361 g/mol. The Bertz CT molecular complexity index is 789. The number of fused-ring (bicyclic) bond motifs is 1.